The molecule has 3 rings (SSSR count). The molecular formula is C16H15ClN6. The highest BCUT2D eigenvalue weighted by atomic mass is 35.5. The normalized spacial score (nSPS) is 10.3. The molecule has 3 aromatic rings. The van der Waals surface area contributed by atoms with Crippen molar-refractivity contribution < 1.29 is 0 Å². The predicted octanol–water partition coefficient (Wildman–Crippen LogP) is 3.58. The molecule has 0 unspecified atom stereocenters. The molecule has 23 heavy (non-hydrogen) atoms. The van der Waals surface area contributed by atoms with Gasteiger partial charge >= 0.3 is 0 Å². The molecule has 2 N–H and O–H groups in total. The Hall–Kier alpha value is -2.73. The van der Waals surface area contributed by atoms with E-state index < -0.39 is 0 Å². The van der Waals surface area contributed by atoms with Crippen LogP contribution in [-0.4, -0.2) is 20.2 Å². The topological polar surface area (TPSA) is 75.6 Å². The SMILES string of the molecule is Cc1c(Cl)cccc1Nc1cnnc(NCc2cccnc2)n1. The summed E-state index contributed by atoms with van der Waals surface area (Å²) in [6.07, 6.45) is 5.09. The zero-order chi connectivity index (χ0) is 16.1. The van der Waals surface area contributed by atoms with Crippen LogP contribution in [0, 0.1) is 6.92 Å². The number of halogens is 1. The van der Waals surface area contributed by atoms with Gasteiger partial charge in [-0.3, -0.25) is 4.98 Å². The third-order valence-electron chi connectivity index (χ3n) is 3.26. The summed E-state index contributed by atoms with van der Waals surface area (Å²) in [5.74, 6) is 1.04. The van der Waals surface area contributed by atoms with Crippen LogP contribution in [0.4, 0.5) is 17.5 Å². The highest BCUT2D eigenvalue weighted by Gasteiger charge is 2.05. The molecule has 6 nitrogen and oxygen atoms in total. The van der Waals surface area contributed by atoms with Gasteiger partial charge in [-0.15, -0.1) is 5.10 Å². The molecule has 0 bridgehead atoms. The van der Waals surface area contributed by atoms with Crippen molar-refractivity contribution in [1.29, 1.82) is 0 Å². The number of hydrogen-bond acceptors (Lipinski definition) is 6. The lowest BCUT2D eigenvalue weighted by molar-refractivity contribution is 0.946. The van der Waals surface area contributed by atoms with Crippen LogP contribution in [0.3, 0.4) is 0 Å². The van der Waals surface area contributed by atoms with E-state index in [1.807, 2.05) is 37.3 Å². The lowest BCUT2D eigenvalue weighted by atomic mass is 10.2. The van der Waals surface area contributed by atoms with Crippen LogP contribution in [0.5, 0.6) is 0 Å². The summed E-state index contributed by atoms with van der Waals surface area (Å²) in [5.41, 5.74) is 2.88. The number of anilines is 3. The van der Waals surface area contributed by atoms with Gasteiger partial charge in [0.25, 0.3) is 0 Å². The third-order valence-corrected chi connectivity index (χ3v) is 3.67. The van der Waals surface area contributed by atoms with E-state index in [0.29, 0.717) is 23.3 Å². The molecule has 7 heteroatoms. The first-order chi connectivity index (χ1) is 11.2. The number of nitrogens with one attached hydrogen (secondary N) is 2. The van der Waals surface area contributed by atoms with Crippen molar-refractivity contribution in [3.05, 3.63) is 65.1 Å². The van der Waals surface area contributed by atoms with E-state index in [-0.39, 0.29) is 0 Å². The van der Waals surface area contributed by atoms with E-state index in [2.05, 4.69) is 30.8 Å². The number of hydrogen-bond donors (Lipinski definition) is 2. The van der Waals surface area contributed by atoms with Crippen molar-refractivity contribution in [2.75, 3.05) is 10.6 Å². The van der Waals surface area contributed by atoms with E-state index in [4.69, 9.17) is 11.6 Å². The summed E-state index contributed by atoms with van der Waals surface area (Å²) in [5, 5.41) is 15.0. The highest BCUT2D eigenvalue weighted by Crippen LogP contribution is 2.25. The molecule has 0 atom stereocenters. The van der Waals surface area contributed by atoms with Gasteiger partial charge in [0.2, 0.25) is 5.95 Å². The summed E-state index contributed by atoms with van der Waals surface area (Å²) in [6, 6.07) is 9.53. The van der Waals surface area contributed by atoms with Crippen LogP contribution in [0.15, 0.2) is 48.9 Å². The van der Waals surface area contributed by atoms with E-state index in [1.54, 1.807) is 18.6 Å². The fourth-order valence-corrected chi connectivity index (χ4v) is 2.18. The standard InChI is InChI=1S/C16H15ClN6/c1-11-13(17)5-2-6-14(11)21-15-10-20-23-16(22-15)19-9-12-4-3-7-18-8-12/h2-8,10H,9H2,1H3,(H2,19,21,22,23). The lowest BCUT2D eigenvalue weighted by Crippen LogP contribution is -2.06. The Labute approximate surface area is 139 Å². The van der Waals surface area contributed by atoms with Crippen molar-refractivity contribution in [2.45, 2.75) is 13.5 Å². The second-order valence-electron chi connectivity index (χ2n) is 4.92. The van der Waals surface area contributed by atoms with Crippen LogP contribution < -0.4 is 10.6 Å². The van der Waals surface area contributed by atoms with Crippen LogP contribution in [-0.2, 0) is 6.54 Å². The van der Waals surface area contributed by atoms with Crippen LogP contribution in [0.25, 0.3) is 0 Å². The minimum Gasteiger partial charge on any atom is -0.349 e. The highest BCUT2D eigenvalue weighted by molar-refractivity contribution is 6.31. The van der Waals surface area contributed by atoms with Gasteiger partial charge in [-0.2, -0.15) is 10.1 Å². The summed E-state index contributed by atoms with van der Waals surface area (Å²) < 4.78 is 0. The van der Waals surface area contributed by atoms with E-state index >= 15 is 0 Å². The maximum Gasteiger partial charge on any atom is 0.244 e. The average Bonchev–Trinajstić information content (AvgIpc) is 2.59. The van der Waals surface area contributed by atoms with Gasteiger partial charge in [0, 0.05) is 29.6 Å². The fraction of sp³-hybridized carbons (Fsp3) is 0.125. The fourth-order valence-electron chi connectivity index (χ4n) is 2.00. The van der Waals surface area contributed by atoms with Crippen LogP contribution >= 0.6 is 11.6 Å². The molecule has 0 aliphatic carbocycles. The zero-order valence-corrected chi connectivity index (χ0v) is 13.2. The average molecular weight is 327 g/mol. The third kappa shape index (κ3) is 3.92. The van der Waals surface area contributed by atoms with Gasteiger partial charge < -0.3 is 10.6 Å². The van der Waals surface area contributed by atoms with Gasteiger partial charge in [-0.25, -0.2) is 0 Å². The molecule has 2 heterocycles. The molecule has 0 saturated carbocycles. The number of rotatable bonds is 5. The quantitative estimate of drug-likeness (QED) is 0.746. The molecule has 0 fully saturated rings. The molecule has 2 aromatic heterocycles. The minimum atomic E-state index is 0.443. The molecule has 0 saturated heterocycles. The molecule has 0 amide bonds. The Morgan fingerprint density at radius 1 is 1.13 bits per heavy atom. The molecule has 1 aromatic carbocycles. The van der Waals surface area contributed by atoms with Gasteiger partial charge in [-0.1, -0.05) is 23.7 Å². The van der Waals surface area contributed by atoms with E-state index in [9.17, 15) is 0 Å². The molecule has 0 aliphatic heterocycles. The summed E-state index contributed by atoms with van der Waals surface area (Å²) in [6.45, 7) is 2.52. The monoisotopic (exact) mass is 326 g/mol. The molecule has 0 spiro atoms. The molecular weight excluding hydrogens is 312 g/mol. The van der Waals surface area contributed by atoms with Gasteiger partial charge in [0.15, 0.2) is 5.82 Å². The Kier molecular flexibility index (Phi) is 4.63. The Morgan fingerprint density at radius 3 is 2.87 bits per heavy atom. The van der Waals surface area contributed by atoms with Crippen molar-refractivity contribution in [2.24, 2.45) is 0 Å². The van der Waals surface area contributed by atoms with Crippen molar-refractivity contribution in [1.82, 2.24) is 20.2 Å². The first-order valence-electron chi connectivity index (χ1n) is 7.07. The van der Waals surface area contributed by atoms with Crippen LogP contribution in [0.1, 0.15) is 11.1 Å². The number of nitrogens with zero attached hydrogens (tertiary/aromatic N) is 4. The van der Waals surface area contributed by atoms with Gasteiger partial charge in [0.1, 0.15) is 0 Å². The maximum atomic E-state index is 6.12. The molecule has 0 radical (unpaired) electrons. The lowest BCUT2D eigenvalue weighted by Gasteiger charge is -2.10. The smallest absolute Gasteiger partial charge is 0.244 e. The zero-order valence-electron chi connectivity index (χ0n) is 12.5. The number of aromatic nitrogens is 4. The first kappa shape index (κ1) is 15.2. The predicted molar refractivity (Wildman–Crippen MR) is 90.9 cm³/mol. The summed E-state index contributed by atoms with van der Waals surface area (Å²) in [4.78, 5) is 8.46. The van der Waals surface area contributed by atoms with Crippen molar-refractivity contribution in [3.8, 4) is 0 Å². The van der Waals surface area contributed by atoms with Crippen molar-refractivity contribution in [3.63, 3.8) is 0 Å². The Balaban J connectivity index is 1.71. The van der Waals surface area contributed by atoms with Gasteiger partial charge in [-0.05, 0) is 36.2 Å². The van der Waals surface area contributed by atoms with Gasteiger partial charge in [0.05, 0.1) is 6.20 Å². The minimum absolute atomic E-state index is 0.443. The number of benzene rings is 1. The van der Waals surface area contributed by atoms with Crippen molar-refractivity contribution >= 4 is 29.1 Å². The molecule has 116 valence electrons. The maximum absolute atomic E-state index is 6.12. The Morgan fingerprint density at radius 2 is 2.04 bits per heavy atom. The summed E-state index contributed by atoms with van der Waals surface area (Å²) >= 11 is 6.12. The Bertz CT molecular complexity index is 794. The molecule has 0 aliphatic rings. The second-order valence-corrected chi connectivity index (χ2v) is 5.32. The number of pyridine rings is 1. The second kappa shape index (κ2) is 7.02. The van der Waals surface area contributed by atoms with E-state index in [0.717, 1.165) is 16.8 Å². The largest absolute Gasteiger partial charge is 0.349 e. The van der Waals surface area contributed by atoms with E-state index in [1.165, 1.54) is 0 Å². The first-order valence-corrected chi connectivity index (χ1v) is 7.45. The summed E-state index contributed by atoms with van der Waals surface area (Å²) in [7, 11) is 0. The van der Waals surface area contributed by atoms with Crippen LogP contribution in [0.2, 0.25) is 5.02 Å².